The minimum absolute atomic E-state index is 0.201. The molecule has 1 spiro atoms. The Bertz CT molecular complexity index is 1170. The third-order valence-electron chi connectivity index (χ3n) is 9.17. The molecule has 6 rings (SSSR count). The van der Waals surface area contributed by atoms with Crippen molar-refractivity contribution in [1.82, 2.24) is 24.7 Å². The summed E-state index contributed by atoms with van der Waals surface area (Å²) in [7, 11) is 1.77. The van der Waals surface area contributed by atoms with E-state index in [0.29, 0.717) is 17.8 Å². The lowest BCUT2D eigenvalue weighted by molar-refractivity contribution is -0.135. The summed E-state index contributed by atoms with van der Waals surface area (Å²) in [6.07, 6.45) is 8.35. The number of carbonyl (C=O) groups is 2. The van der Waals surface area contributed by atoms with Crippen molar-refractivity contribution in [3.63, 3.8) is 0 Å². The third-order valence-corrected chi connectivity index (χ3v) is 9.17. The van der Waals surface area contributed by atoms with Crippen molar-refractivity contribution in [2.24, 2.45) is 12.5 Å². The van der Waals surface area contributed by atoms with Gasteiger partial charge in [-0.1, -0.05) is 6.07 Å². The van der Waals surface area contributed by atoms with Gasteiger partial charge < -0.3 is 10.2 Å². The van der Waals surface area contributed by atoms with Gasteiger partial charge in [-0.3, -0.25) is 24.0 Å². The number of hydrogen-bond acceptors (Lipinski definition) is 5. The van der Waals surface area contributed by atoms with Crippen LogP contribution in [0.25, 0.3) is 11.0 Å². The van der Waals surface area contributed by atoms with Crippen LogP contribution in [0.3, 0.4) is 0 Å². The average Bonchev–Trinajstić information content (AvgIpc) is 3.08. The number of benzene rings is 1. The Hall–Kier alpha value is -2.45. The minimum atomic E-state index is -0.631. The highest BCUT2D eigenvalue weighted by Gasteiger charge is 2.41. The molecule has 3 aliphatic heterocycles. The number of carbonyl (C=O) groups excluding carboxylic acids is 2. The van der Waals surface area contributed by atoms with Crippen LogP contribution < -0.4 is 16.3 Å². The first-order valence-corrected chi connectivity index (χ1v) is 12.9. The first-order chi connectivity index (χ1) is 16.4. The standard InChI is InChI=1S/C26H35N5O3/c1-29-22-14-18(2-3-20(22)31(25(29)34)21-4-5-23(32)28-24(21)33)17-8-12-30(13-9-17)19-6-10-26(11-7-19)15-27-16-26/h2-3,14,17,19,21,27H,4-13,15-16H2,1H3,(H,28,32,33). The van der Waals surface area contributed by atoms with Crippen LogP contribution in [-0.4, -0.2) is 58.1 Å². The van der Waals surface area contributed by atoms with Crippen molar-refractivity contribution < 1.29 is 9.59 Å². The topological polar surface area (TPSA) is 88.4 Å². The molecule has 2 aromatic rings. The molecule has 4 fully saturated rings. The zero-order valence-electron chi connectivity index (χ0n) is 20.0. The maximum atomic E-state index is 13.0. The third kappa shape index (κ3) is 3.62. The smallest absolute Gasteiger partial charge is 0.316 e. The largest absolute Gasteiger partial charge is 0.329 e. The van der Waals surface area contributed by atoms with Crippen molar-refractivity contribution in [3.05, 3.63) is 34.2 Å². The molecule has 1 aromatic heterocycles. The molecule has 1 unspecified atom stereocenters. The fourth-order valence-corrected chi connectivity index (χ4v) is 6.87. The molecule has 1 atom stereocenters. The van der Waals surface area contributed by atoms with Crippen LogP contribution in [0, 0.1) is 5.41 Å². The number of rotatable bonds is 3. The van der Waals surface area contributed by atoms with Gasteiger partial charge >= 0.3 is 5.69 Å². The van der Waals surface area contributed by atoms with Crippen molar-refractivity contribution in [2.45, 2.75) is 69.4 Å². The quantitative estimate of drug-likeness (QED) is 0.678. The molecule has 2 amide bonds. The molecule has 1 aliphatic carbocycles. The molecule has 34 heavy (non-hydrogen) atoms. The summed E-state index contributed by atoms with van der Waals surface area (Å²) in [5.74, 6) is -0.152. The number of aromatic nitrogens is 2. The molecular formula is C26H35N5O3. The van der Waals surface area contributed by atoms with Gasteiger partial charge in [-0.15, -0.1) is 0 Å². The summed E-state index contributed by atoms with van der Waals surface area (Å²) >= 11 is 0. The lowest BCUT2D eigenvalue weighted by Gasteiger charge is -2.50. The van der Waals surface area contributed by atoms with E-state index in [1.165, 1.54) is 44.3 Å². The SMILES string of the molecule is Cn1c(=O)n(C2CCC(=O)NC2=O)c2ccc(C3CCN(C4CCC5(CC4)CNC5)CC3)cc21. The summed E-state index contributed by atoms with van der Waals surface area (Å²) in [6, 6.07) is 6.40. The Kier molecular flexibility index (Phi) is 5.41. The van der Waals surface area contributed by atoms with Crippen molar-refractivity contribution in [3.8, 4) is 0 Å². The number of imide groups is 1. The molecule has 4 heterocycles. The molecule has 1 saturated carbocycles. The number of amides is 2. The van der Waals surface area contributed by atoms with Gasteiger partial charge in [0.2, 0.25) is 11.8 Å². The monoisotopic (exact) mass is 465 g/mol. The summed E-state index contributed by atoms with van der Waals surface area (Å²) in [5.41, 5.74) is 3.33. The lowest BCUT2D eigenvalue weighted by atomic mass is 9.68. The highest BCUT2D eigenvalue weighted by atomic mass is 16.2. The Morgan fingerprint density at radius 1 is 0.941 bits per heavy atom. The van der Waals surface area contributed by atoms with Gasteiger partial charge in [0.25, 0.3) is 0 Å². The van der Waals surface area contributed by atoms with Crippen molar-refractivity contribution in [1.29, 1.82) is 0 Å². The van der Waals surface area contributed by atoms with E-state index in [1.54, 1.807) is 16.2 Å². The maximum Gasteiger partial charge on any atom is 0.329 e. The van der Waals surface area contributed by atoms with E-state index in [2.05, 4.69) is 27.7 Å². The molecular weight excluding hydrogens is 430 g/mol. The summed E-state index contributed by atoms with van der Waals surface area (Å²) in [5, 5.41) is 5.84. The van der Waals surface area contributed by atoms with Gasteiger partial charge in [-0.25, -0.2) is 4.79 Å². The van der Waals surface area contributed by atoms with Crippen LogP contribution in [0.15, 0.2) is 23.0 Å². The van der Waals surface area contributed by atoms with Gasteiger partial charge in [-0.05, 0) is 87.1 Å². The average molecular weight is 466 g/mol. The first kappa shape index (κ1) is 22.0. The number of imidazole rings is 1. The molecule has 1 aromatic carbocycles. The fraction of sp³-hybridized carbons (Fsp3) is 0.654. The Morgan fingerprint density at radius 2 is 1.68 bits per heavy atom. The summed E-state index contributed by atoms with van der Waals surface area (Å²) in [4.78, 5) is 39.8. The Balaban J connectivity index is 1.16. The van der Waals surface area contributed by atoms with Gasteiger partial charge in [0, 0.05) is 32.6 Å². The first-order valence-electron chi connectivity index (χ1n) is 12.9. The van der Waals surface area contributed by atoms with Crippen LogP contribution >= 0.6 is 0 Å². The van der Waals surface area contributed by atoms with Gasteiger partial charge in [0.15, 0.2) is 0 Å². The van der Waals surface area contributed by atoms with Crippen molar-refractivity contribution in [2.75, 3.05) is 26.2 Å². The number of hydrogen-bond donors (Lipinski definition) is 2. The van der Waals surface area contributed by atoms with E-state index in [4.69, 9.17) is 0 Å². The Labute approximate surface area is 199 Å². The predicted molar refractivity (Wildman–Crippen MR) is 130 cm³/mol. The van der Waals surface area contributed by atoms with Crippen LogP contribution in [-0.2, 0) is 16.6 Å². The van der Waals surface area contributed by atoms with E-state index in [1.807, 2.05) is 6.07 Å². The van der Waals surface area contributed by atoms with Crippen LogP contribution in [0.2, 0.25) is 0 Å². The molecule has 8 nitrogen and oxygen atoms in total. The lowest BCUT2D eigenvalue weighted by Crippen LogP contribution is -2.57. The molecule has 0 bridgehead atoms. The summed E-state index contributed by atoms with van der Waals surface area (Å²) < 4.78 is 3.21. The Morgan fingerprint density at radius 3 is 2.32 bits per heavy atom. The number of fused-ring (bicyclic) bond motifs is 1. The fourth-order valence-electron chi connectivity index (χ4n) is 6.87. The van der Waals surface area contributed by atoms with E-state index in [9.17, 15) is 14.4 Å². The van der Waals surface area contributed by atoms with Gasteiger partial charge in [-0.2, -0.15) is 0 Å². The zero-order chi connectivity index (χ0) is 23.4. The number of piperidine rings is 2. The van der Waals surface area contributed by atoms with Crippen LogP contribution in [0.1, 0.15) is 68.9 Å². The van der Waals surface area contributed by atoms with Crippen LogP contribution in [0.5, 0.6) is 0 Å². The second-order valence-electron chi connectivity index (χ2n) is 11.1. The van der Waals surface area contributed by atoms with Crippen molar-refractivity contribution >= 4 is 22.8 Å². The van der Waals surface area contributed by atoms with E-state index >= 15 is 0 Å². The van der Waals surface area contributed by atoms with Gasteiger partial charge in [0.1, 0.15) is 6.04 Å². The highest BCUT2D eigenvalue weighted by Crippen LogP contribution is 2.42. The second-order valence-corrected chi connectivity index (χ2v) is 11.1. The minimum Gasteiger partial charge on any atom is -0.316 e. The van der Waals surface area contributed by atoms with Gasteiger partial charge in [0.05, 0.1) is 11.0 Å². The normalized spacial score (nSPS) is 26.7. The van der Waals surface area contributed by atoms with Crippen LogP contribution in [0.4, 0.5) is 0 Å². The number of nitrogens with one attached hydrogen (secondary N) is 2. The number of nitrogens with zero attached hydrogens (tertiary/aromatic N) is 3. The molecule has 2 N–H and O–H groups in total. The number of likely N-dealkylation sites (tertiary alicyclic amines) is 1. The van der Waals surface area contributed by atoms with E-state index < -0.39 is 6.04 Å². The predicted octanol–water partition coefficient (Wildman–Crippen LogP) is 2.03. The molecule has 182 valence electrons. The van der Waals surface area contributed by atoms with E-state index in [-0.39, 0.29) is 23.9 Å². The molecule has 8 heteroatoms. The van der Waals surface area contributed by atoms with E-state index in [0.717, 1.165) is 43.0 Å². The molecule has 4 aliphatic rings. The summed E-state index contributed by atoms with van der Waals surface area (Å²) in [6.45, 7) is 4.74. The maximum absolute atomic E-state index is 13.0. The zero-order valence-corrected chi connectivity index (χ0v) is 20.0. The number of aryl methyl sites for hydroxylation is 1. The second kappa shape index (κ2) is 8.34. The molecule has 3 saturated heterocycles. The molecule has 0 radical (unpaired) electrons. The highest BCUT2D eigenvalue weighted by molar-refractivity contribution is 6.00.